The summed E-state index contributed by atoms with van der Waals surface area (Å²) in [5, 5.41) is 0.986. The molecule has 0 fully saturated rings. The smallest absolute Gasteiger partial charge is 0.312 e. The van der Waals surface area contributed by atoms with Crippen molar-refractivity contribution in [1.82, 2.24) is 9.55 Å². The molecule has 0 spiro atoms. The van der Waals surface area contributed by atoms with E-state index in [1.54, 1.807) is 23.9 Å². The molecule has 4 rings (SSSR count). The van der Waals surface area contributed by atoms with Crippen molar-refractivity contribution in [3.05, 3.63) is 69.8 Å². The van der Waals surface area contributed by atoms with Gasteiger partial charge in [-0.15, -0.1) is 0 Å². The number of aromatic nitrogens is 2. The fourth-order valence-corrected chi connectivity index (χ4v) is 3.24. The molecule has 0 saturated carbocycles. The number of aryl methyl sites for hydroxylation is 1. The Bertz CT molecular complexity index is 1040. The SMILES string of the molecule is Cc1cc2c(c(=O)n1C)C(c1ccc3ncccc3c1)CC(=O)O2. The second kappa shape index (κ2) is 5.30. The van der Waals surface area contributed by atoms with Crippen LogP contribution in [0.1, 0.15) is 29.2 Å². The number of benzene rings is 1. The van der Waals surface area contributed by atoms with E-state index in [9.17, 15) is 9.59 Å². The van der Waals surface area contributed by atoms with Gasteiger partial charge in [0, 0.05) is 36.3 Å². The lowest BCUT2D eigenvalue weighted by Gasteiger charge is -2.25. The zero-order chi connectivity index (χ0) is 16.8. The molecule has 3 aromatic rings. The third kappa shape index (κ3) is 2.21. The summed E-state index contributed by atoms with van der Waals surface area (Å²) in [7, 11) is 1.73. The van der Waals surface area contributed by atoms with E-state index in [-0.39, 0.29) is 23.9 Å². The molecular weight excluding hydrogens is 304 g/mol. The number of hydrogen-bond acceptors (Lipinski definition) is 4. The number of carbonyl (C=O) groups is 1. The van der Waals surface area contributed by atoms with Crippen LogP contribution in [0.3, 0.4) is 0 Å². The summed E-state index contributed by atoms with van der Waals surface area (Å²) in [6, 6.07) is 11.4. The number of rotatable bonds is 1. The first-order valence-electron chi connectivity index (χ1n) is 7.80. The average molecular weight is 320 g/mol. The molecule has 120 valence electrons. The summed E-state index contributed by atoms with van der Waals surface area (Å²) in [6.45, 7) is 1.82. The second-order valence-electron chi connectivity index (χ2n) is 6.11. The van der Waals surface area contributed by atoms with Gasteiger partial charge in [0.25, 0.3) is 5.56 Å². The highest BCUT2D eigenvalue weighted by molar-refractivity contribution is 5.81. The van der Waals surface area contributed by atoms with Crippen molar-refractivity contribution >= 4 is 16.9 Å². The zero-order valence-corrected chi connectivity index (χ0v) is 13.4. The molecule has 3 heterocycles. The Hall–Kier alpha value is -2.95. The molecule has 24 heavy (non-hydrogen) atoms. The highest BCUT2D eigenvalue weighted by atomic mass is 16.5. The van der Waals surface area contributed by atoms with E-state index in [1.165, 1.54) is 0 Å². The van der Waals surface area contributed by atoms with Crippen molar-refractivity contribution in [3.63, 3.8) is 0 Å². The molecule has 1 aliphatic rings. The molecule has 1 aliphatic heterocycles. The summed E-state index contributed by atoms with van der Waals surface area (Å²) < 4.78 is 6.91. The molecule has 0 amide bonds. The maximum Gasteiger partial charge on any atom is 0.312 e. The lowest BCUT2D eigenvalue weighted by molar-refractivity contribution is -0.135. The van der Waals surface area contributed by atoms with Crippen LogP contribution in [0.25, 0.3) is 10.9 Å². The maximum atomic E-state index is 12.7. The van der Waals surface area contributed by atoms with E-state index in [2.05, 4.69) is 4.98 Å². The normalized spacial score (nSPS) is 16.8. The van der Waals surface area contributed by atoms with Crippen LogP contribution >= 0.6 is 0 Å². The Morgan fingerprint density at radius 2 is 2.04 bits per heavy atom. The molecule has 0 bridgehead atoms. The number of nitrogens with zero attached hydrogens (tertiary/aromatic N) is 2. The van der Waals surface area contributed by atoms with E-state index in [4.69, 9.17) is 4.74 Å². The van der Waals surface area contributed by atoms with Crippen molar-refractivity contribution in [2.45, 2.75) is 19.3 Å². The minimum absolute atomic E-state index is 0.117. The number of fused-ring (bicyclic) bond motifs is 2. The summed E-state index contributed by atoms with van der Waals surface area (Å²) in [4.78, 5) is 29.1. The number of ether oxygens (including phenoxy) is 1. The zero-order valence-electron chi connectivity index (χ0n) is 13.4. The molecule has 5 heteroatoms. The third-order valence-corrected chi connectivity index (χ3v) is 4.64. The van der Waals surface area contributed by atoms with Gasteiger partial charge in [0.05, 0.1) is 17.5 Å². The van der Waals surface area contributed by atoms with Crippen molar-refractivity contribution in [2.24, 2.45) is 7.05 Å². The lowest BCUT2D eigenvalue weighted by atomic mass is 9.86. The molecule has 0 saturated heterocycles. The van der Waals surface area contributed by atoms with Crippen molar-refractivity contribution in [2.75, 3.05) is 0 Å². The Kier molecular flexibility index (Phi) is 3.23. The molecule has 1 unspecified atom stereocenters. The number of hydrogen-bond donors (Lipinski definition) is 0. The predicted octanol–water partition coefficient (Wildman–Crippen LogP) is 2.68. The minimum atomic E-state index is -0.313. The van der Waals surface area contributed by atoms with Gasteiger partial charge >= 0.3 is 5.97 Å². The van der Waals surface area contributed by atoms with Gasteiger partial charge in [0.1, 0.15) is 5.75 Å². The Morgan fingerprint density at radius 1 is 1.21 bits per heavy atom. The Balaban J connectivity index is 1.94. The van der Waals surface area contributed by atoms with Gasteiger partial charge < -0.3 is 9.30 Å². The van der Waals surface area contributed by atoms with E-state index in [0.29, 0.717) is 11.3 Å². The molecule has 1 atom stereocenters. The second-order valence-corrected chi connectivity index (χ2v) is 6.11. The molecule has 5 nitrogen and oxygen atoms in total. The van der Waals surface area contributed by atoms with Gasteiger partial charge in [0.2, 0.25) is 0 Å². The molecule has 2 aromatic heterocycles. The highest BCUT2D eigenvalue weighted by Crippen LogP contribution is 2.37. The third-order valence-electron chi connectivity index (χ3n) is 4.64. The largest absolute Gasteiger partial charge is 0.426 e. The van der Waals surface area contributed by atoms with Gasteiger partial charge in [-0.05, 0) is 30.7 Å². The minimum Gasteiger partial charge on any atom is -0.426 e. The molecule has 0 aliphatic carbocycles. The number of pyridine rings is 2. The molecular formula is C19H16N2O3. The highest BCUT2D eigenvalue weighted by Gasteiger charge is 2.32. The van der Waals surface area contributed by atoms with Crippen LogP contribution in [-0.4, -0.2) is 15.5 Å². The van der Waals surface area contributed by atoms with Crippen LogP contribution in [0.4, 0.5) is 0 Å². The Morgan fingerprint density at radius 3 is 2.88 bits per heavy atom. The predicted molar refractivity (Wildman–Crippen MR) is 90.3 cm³/mol. The van der Waals surface area contributed by atoms with E-state index in [0.717, 1.165) is 22.2 Å². The van der Waals surface area contributed by atoms with Crippen molar-refractivity contribution in [3.8, 4) is 5.75 Å². The number of esters is 1. The van der Waals surface area contributed by atoms with Gasteiger partial charge in [-0.25, -0.2) is 0 Å². The fourth-order valence-electron chi connectivity index (χ4n) is 3.24. The van der Waals surface area contributed by atoms with Gasteiger partial charge in [-0.3, -0.25) is 14.6 Å². The summed E-state index contributed by atoms with van der Waals surface area (Å²) in [6.07, 6.45) is 1.91. The molecule has 1 aromatic carbocycles. The van der Waals surface area contributed by atoms with E-state index in [1.807, 2.05) is 37.3 Å². The summed E-state index contributed by atoms with van der Waals surface area (Å²) >= 11 is 0. The van der Waals surface area contributed by atoms with Gasteiger partial charge in [-0.1, -0.05) is 12.1 Å². The van der Waals surface area contributed by atoms with Crippen LogP contribution in [0.2, 0.25) is 0 Å². The summed E-state index contributed by atoms with van der Waals surface area (Å²) in [5.41, 5.74) is 3.00. The first-order valence-corrected chi connectivity index (χ1v) is 7.80. The van der Waals surface area contributed by atoms with E-state index < -0.39 is 0 Å². The monoisotopic (exact) mass is 320 g/mol. The van der Waals surface area contributed by atoms with Crippen LogP contribution in [-0.2, 0) is 11.8 Å². The van der Waals surface area contributed by atoms with Crippen molar-refractivity contribution < 1.29 is 9.53 Å². The van der Waals surface area contributed by atoms with Crippen LogP contribution in [0.15, 0.2) is 47.4 Å². The molecule has 0 radical (unpaired) electrons. The number of carbonyl (C=O) groups excluding carboxylic acids is 1. The first kappa shape index (κ1) is 14.6. The quantitative estimate of drug-likeness (QED) is 0.647. The fraction of sp³-hybridized carbons (Fsp3) is 0.211. The Labute approximate surface area is 138 Å². The maximum absolute atomic E-state index is 12.7. The topological polar surface area (TPSA) is 61.2 Å². The average Bonchev–Trinajstić information content (AvgIpc) is 2.58. The van der Waals surface area contributed by atoms with Crippen LogP contribution < -0.4 is 10.3 Å². The lowest BCUT2D eigenvalue weighted by Crippen LogP contribution is -2.31. The standard InChI is InChI=1S/C19H16N2O3/c1-11-8-16-18(19(23)21(11)2)14(10-17(22)24-16)12-5-6-15-13(9-12)4-3-7-20-15/h3-9,14H,10H2,1-2H3. The summed E-state index contributed by atoms with van der Waals surface area (Å²) in [5.74, 6) is -0.236. The molecule has 0 N–H and O–H groups in total. The van der Waals surface area contributed by atoms with Crippen LogP contribution in [0, 0.1) is 6.92 Å². The van der Waals surface area contributed by atoms with Crippen molar-refractivity contribution in [1.29, 1.82) is 0 Å². The van der Waals surface area contributed by atoms with Gasteiger partial charge in [0.15, 0.2) is 0 Å². The van der Waals surface area contributed by atoms with E-state index >= 15 is 0 Å². The van der Waals surface area contributed by atoms with Crippen LogP contribution in [0.5, 0.6) is 5.75 Å². The first-order chi connectivity index (χ1) is 11.5. The van der Waals surface area contributed by atoms with Gasteiger partial charge in [-0.2, -0.15) is 0 Å².